The molecule has 0 unspecified atom stereocenters. The SMILES string of the molecule is CC(C)(C)OC(=O)CC[B-](F)(F)F.CC1(C)OB(c2cnc(C(F)(F)F)nc2)OC1(C)C.Cc1ccc(Cl)nc1.Cc1cnc(CCC(=O)OC(C)(C)C)cc1-c1cnc(C(F)(F)F)nc1.Cc1cnc(CN)cc1-c1cnc(C(F)(F)F)nc1.Cc1cnc(Cl)cc1-c1cnc(C(F)(F)F)nc1.Cc1cnc(Cl)cc1I.Cl.Cl.[K+]. The number of carbonyl (C=O) groups excluding carboxylic acids is 2. The van der Waals surface area contributed by atoms with Gasteiger partial charge in [0.1, 0.15) is 26.7 Å². The predicted molar refractivity (Wildman–Crippen MR) is 414 cm³/mol. The van der Waals surface area contributed by atoms with Gasteiger partial charge in [0.25, 0.3) is 0 Å². The van der Waals surface area contributed by atoms with Crippen LogP contribution in [-0.4, -0.2) is 113 Å². The number of hydrogen-bond donors (Lipinski definition) is 1. The maximum atomic E-state index is 12.6. The van der Waals surface area contributed by atoms with Crippen molar-refractivity contribution in [3.05, 3.63) is 198 Å². The molecule has 44 heteroatoms. The third kappa shape index (κ3) is 38.2. The van der Waals surface area contributed by atoms with Crippen molar-refractivity contribution < 1.29 is 145 Å². The molecule has 1 fully saturated rings. The number of halogens is 21. The number of nitrogens with zero attached hydrogens (tertiary/aromatic N) is 13. The van der Waals surface area contributed by atoms with E-state index in [0.717, 1.165) is 81.0 Å². The van der Waals surface area contributed by atoms with E-state index in [1.807, 2.05) is 53.7 Å². The summed E-state index contributed by atoms with van der Waals surface area (Å²) in [5.41, 5.74) is 12.9. The van der Waals surface area contributed by atoms with E-state index in [2.05, 4.69) is 87.4 Å². The van der Waals surface area contributed by atoms with Crippen LogP contribution < -0.4 is 62.6 Å². The second-order valence-electron chi connectivity index (χ2n) is 27.1. The number of hydrogen-bond acceptors (Lipinski definition) is 20. The summed E-state index contributed by atoms with van der Waals surface area (Å²) in [4.78, 5) is 69.2. The Morgan fingerprint density at radius 1 is 0.461 bits per heavy atom. The molecule has 9 aromatic heterocycles. The summed E-state index contributed by atoms with van der Waals surface area (Å²) in [6.07, 6.45) is -2.07. The fourth-order valence-electron chi connectivity index (χ4n) is 8.46. The Bertz CT molecular complexity index is 4510. The molecule has 622 valence electrons. The Kier molecular flexibility index (Phi) is 42.5. The summed E-state index contributed by atoms with van der Waals surface area (Å²) in [6.45, 7) is 22.4. The van der Waals surface area contributed by atoms with Crippen LogP contribution in [0.25, 0.3) is 33.4 Å². The quantitative estimate of drug-likeness (QED) is 0.0414. The normalized spacial score (nSPS) is 12.9. The largest absolute Gasteiger partial charge is 1.00 e. The topological polar surface area (TPSA) is 265 Å². The van der Waals surface area contributed by atoms with Gasteiger partial charge in [-0.2, -0.15) is 52.7 Å². The molecule has 0 saturated carbocycles. The number of aryl methyl sites for hydroxylation is 6. The van der Waals surface area contributed by atoms with E-state index in [9.17, 15) is 75.2 Å². The Hall–Kier alpha value is -6.21. The Labute approximate surface area is 737 Å². The summed E-state index contributed by atoms with van der Waals surface area (Å²) in [7, 11) is -0.757. The van der Waals surface area contributed by atoms with Crippen LogP contribution in [0.2, 0.25) is 21.8 Å². The number of carbonyl (C=O) groups is 2. The first-order chi connectivity index (χ1) is 51.4. The monoisotopic (exact) mass is 1870 g/mol. The number of aromatic nitrogens is 13. The smallest absolute Gasteiger partial charge is 0.460 e. The fourth-order valence-corrected chi connectivity index (χ4v) is 9.51. The molecule has 1 saturated heterocycles. The van der Waals surface area contributed by atoms with Crippen molar-refractivity contribution >= 4 is 114 Å². The van der Waals surface area contributed by atoms with Crippen LogP contribution in [0.3, 0.4) is 0 Å². The van der Waals surface area contributed by atoms with Gasteiger partial charge in [0, 0.05) is 131 Å². The minimum absolute atomic E-state index is 0. The van der Waals surface area contributed by atoms with E-state index in [1.165, 1.54) is 11.8 Å². The number of rotatable bonds is 11. The van der Waals surface area contributed by atoms with Crippen LogP contribution in [0, 0.1) is 38.2 Å². The van der Waals surface area contributed by atoms with Gasteiger partial charge in [-0.25, -0.2) is 54.8 Å². The van der Waals surface area contributed by atoms with Gasteiger partial charge in [-0.15, -0.1) is 24.8 Å². The summed E-state index contributed by atoms with van der Waals surface area (Å²) >= 11 is 19.1. The van der Waals surface area contributed by atoms with E-state index in [-0.39, 0.29) is 100 Å². The molecule has 10 rings (SSSR count). The minimum Gasteiger partial charge on any atom is -0.460 e. The van der Waals surface area contributed by atoms with Crippen LogP contribution in [0.15, 0.2) is 117 Å². The van der Waals surface area contributed by atoms with Crippen LogP contribution >= 0.6 is 82.2 Å². The maximum Gasteiger partial charge on any atom is 1.00 e. The van der Waals surface area contributed by atoms with Crippen LogP contribution in [0.1, 0.15) is 145 Å². The molecule has 0 spiro atoms. The first-order valence-electron chi connectivity index (χ1n) is 33.0. The van der Waals surface area contributed by atoms with Crippen molar-refractivity contribution in [1.82, 2.24) is 64.8 Å². The summed E-state index contributed by atoms with van der Waals surface area (Å²) in [5, 5.41) is 1.37. The Balaban J connectivity index is 0.000000686. The van der Waals surface area contributed by atoms with Crippen LogP contribution in [0.5, 0.6) is 0 Å². The van der Waals surface area contributed by atoms with Crippen molar-refractivity contribution in [2.24, 2.45) is 5.73 Å². The molecule has 0 aromatic carbocycles. The maximum absolute atomic E-state index is 12.6. The van der Waals surface area contributed by atoms with E-state index >= 15 is 0 Å². The summed E-state index contributed by atoms with van der Waals surface area (Å²) in [5.74, 6) is -5.80. The van der Waals surface area contributed by atoms with Crippen molar-refractivity contribution in [2.75, 3.05) is 0 Å². The van der Waals surface area contributed by atoms with Crippen molar-refractivity contribution in [2.45, 2.75) is 183 Å². The first-order valence-corrected chi connectivity index (χ1v) is 35.3. The molecule has 10 heterocycles. The molecule has 1 aliphatic heterocycles. The molecule has 2 N–H and O–H groups in total. The molecule has 0 atom stereocenters. The average molecular weight is 1870 g/mol. The molecule has 0 bridgehead atoms. The Morgan fingerprint density at radius 3 is 1.10 bits per heavy atom. The van der Waals surface area contributed by atoms with E-state index in [4.69, 9.17) is 59.3 Å². The van der Waals surface area contributed by atoms with E-state index in [0.29, 0.717) is 61.4 Å². The third-order valence-electron chi connectivity index (χ3n) is 14.7. The second kappa shape index (κ2) is 45.8. The Morgan fingerprint density at radius 2 is 0.783 bits per heavy atom. The second-order valence-corrected chi connectivity index (χ2v) is 29.5. The summed E-state index contributed by atoms with van der Waals surface area (Å²) in [6, 6.07) is 10.6. The van der Waals surface area contributed by atoms with Crippen LogP contribution in [0.4, 0.5) is 65.6 Å². The number of nitrogens with two attached hydrogens (primary N) is 1. The number of esters is 2. The summed E-state index contributed by atoms with van der Waals surface area (Å²) < 4.78 is 206. The van der Waals surface area contributed by atoms with Gasteiger partial charge in [0.05, 0.1) is 23.3 Å². The van der Waals surface area contributed by atoms with Gasteiger partial charge in [0.2, 0.25) is 23.3 Å². The first kappa shape index (κ1) is 107. The van der Waals surface area contributed by atoms with Crippen LogP contribution in [-0.2, 0) is 66.0 Å². The molecular formula is C71H78B2Cl5F15IKN14O6. The molecule has 0 amide bonds. The van der Waals surface area contributed by atoms with E-state index < -0.39 is 103 Å². The molecule has 0 aliphatic carbocycles. The minimum atomic E-state index is -4.88. The van der Waals surface area contributed by atoms with Gasteiger partial charge in [0.15, 0.2) is 0 Å². The van der Waals surface area contributed by atoms with Gasteiger partial charge in [-0.05, 0) is 201 Å². The van der Waals surface area contributed by atoms with Gasteiger partial charge >= 0.3 is 102 Å². The fraction of sp³-hybridized carbons (Fsp3) is 0.394. The number of alkyl halides is 12. The van der Waals surface area contributed by atoms with Crippen molar-refractivity contribution in [3.63, 3.8) is 0 Å². The zero-order valence-electron chi connectivity index (χ0n) is 64.5. The zero-order valence-corrected chi connectivity index (χ0v) is 73.7. The molecule has 9 aromatic rings. The molecule has 20 nitrogen and oxygen atoms in total. The van der Waals surface area contributed by atoms with Gasteiger partial charge < -0.3 is 37.5 Å². The van der Waals surface area contributed by atoms with Gasteiger partial charge in [-0.3, -0.25) is 19.6 Å². The molecule has 1 aliphatic rings. The van der Waals surface area contributed by atoms with Crippen molar-refractivity contribution in [1.29, 1.82) is 0 Å². The molecule has 115 heavy (non-hydrogen) atoms. The third-order valence-corrected chi connectivity index (χ3v) is 16.5. The van der Waals surface area contributed by atoms with Gasteiger partial charge in [-0.1, -0.05) is 47.2 Å². The van der Waals surface area contributed by atoms with Crippen molar-refractivity contribution in [3.8, 4) is 33.4 Å². The number of pyridine rings is 5. The molecular weight excluding hydrogens is 1790 g/mol. The molecule has 0 radical (unpaired) electrons. The standard InChI is InChI=1S/C18H20F3N3O2.C12H11F3N4.C11H14BF3N2O2.C11H7ClF3N3.C7H13BF3O2.C6H5ClIN.C6H6ClN.2ClH.K/c1-11-8-22-13(5-6-15(25)26-17(2,3)4)7-14(11)12-9-23-16(24-10-12)18(19,20)21;1-7-4-17-9(3-16)2-10(7)8-5-18-11(19-6-8)12(13,14)15;1-9(2)10(3,4)19-12(18-9)7-5-16-8(17-6-7)11(13,14)15;1-6-3-16-9(12)2-8(6)7-4-17-10(18-5-7)11(13,14)15;1-7(2,3)13-6(12)4-5-8(9,10)11;1-4-3-9-6(7)2-5(4)8;1-5-2-3-6(7)8-4-5;;;/h7-10H,5-6H2,1-4H3;2,4-6H,3,16H2,1H3;5-6H,1-4H3;2-5H,1H3;4-5H2,1-3H3;2-3H,1H3;2-4H,1H3;2*1H;/q;;;;-1;;;;;+1. The predicted octanol–water partition coefficient (Wildman–Crippen LogP) is 16.9. The van der Waals surface area contributed by atoms with E-state index in [1.54, 1.807) is 111 Å². The zero-order chi connectivity index (χ0) is 84.9. The number of ether oxygens (including phenoxy) is 2. The average Bonchev–Trinajstić information content (AvgIpc) is 1.63.